The number of carbonyl (C=O) groups excluding carboxylic acids is 1. The van der Waals surface area contributed by atoms with Crippen molar-refractivity contribution in [2.45, 2.75) is 19.5 Å². The second-order valence-electron chi connectivity index (χ2n) is 4.71. The first-order valence-electron chi connectivity index (χ1n) is 6.32. The smallest absolute Gasteiger partial charge is 0.260 e. The van der Waals surface area contributed by atoms with Crippen LogP contribution in [0.5, 0.6) is 0 Å². The van der Waals surface area contributed by atoms with E-state index in [9.17, 15) is 9.59 Å². The van der Waals surface area contributed by atoms with E-state index in [-0.39, 0.29) is 23.1 Å². The second kappa shape index (κ2) is 4.42. The van der Waals surface area contributed by atoms with Crippen molar-refractivity contribution in [3.63, 3.8) is 0 Å². The Bertz CT molecular complexity index is 671. The van der Waals surface area contributed by atoms with Gasteiger partial charge < -0.3 is 14.5 Å². The minimum Gasteiger partial charge on any atom is -0.348 e. The number of carbonyl (C=O) groups is 1. The van der Waals surface area contributed by atoms with E-state index in [1.165, 1.54) is 6.20 Å². The van der Waals surface area contributed by atoms with Crippen LogP contribution in [-0.2, 0) is 6.54 Å². The maximum absolute atomic E-state index is 12.5. The molecule has 1 unspecified atom stereocenters. The van der Waals surface area contributed by atoms with Crippen LogP contribution in [0, 0.1) is 0 Å². The fourth-order valence-corrected chi connectivity index (χ4v) is 2.60. The highest BCUT2D eigenvalue weighted by Crippen LogP contribution is 2.26. The van der Waals surface area contributed by atoms with Gasteiger partial charge in [0, 0.05) is 31.2 Å². The highest BCUT2D eigenvalue weighted by Gasteiger charge is 2.29. The highest BCUT2D eigenvalue weighted by molar-refractivity contribution is 5.94. The summed E-state index contributed by atoms with van der Waals surface area (Å²) in [6.45, 7) is 3.37. The van der Waals surface area contributed by atoms with Gasteiger partial charge in [-0.15, -0.1) is 0 Å². The van der Waals surface area contributed by atoms with Gasteiger partial charge in [-0.05, 0) is 31.2 Å². The summed E-state index contributed by atoms with van der Waals surface area (Å²) in [4.78, 5) is 28.4. The van der Waals surface area contributed by atoms with Gasteiger partial charge in [-0.2, -0.15) is 0 Å². The van der Waals surface area contributed by atoms with Crippen molar-refractivity contribution >= 4 is 5.91 Å². The number of aromatic nitrogens is 2. The summed E-state index contributed by atoms with van der Waals surface area (Å²) in [6, 6.07) is 7.22. The zero-order valence-corrected chi connectivity index (χ0v) is 10.7. The highest BCUT2D eigenvalue weighted by atomic mass is 16.2. The zero-order chi connectivity index (χ0) is 13.4. The van der Waals surface area contributed by atoms with E-state index in [0.29, 0.717) is 6.54 Å². The van der Waals surface area contributed by atoms with Crippen molar-refractivity contribution in [2.24, 2.45) is 0 Å². The topological polar surface area (TPSA) is 58.1 Å². The van der Waals surface area contributed by atoms with E-state index in [1.54, 1.807) is 17.0 Å². The first kappa shape index (κ1) is 11.8. The summed E-state index contributed by atoms with van der Waals surface area (Å²) in [6.07, 6.45) is 3.55. The normalized spacial score (nSPS) is 18.2. The molecule has 0 fully saturated rings. The molecule has 0 radical (unpaired) electrons. The maximum Gasteiger partial charge on any atom is 0.260 e. The predicted octanol–water partition coefficient (Wildman–Crippen LogP) is 1.39. The zero-order valence-electron chi connectivity index (χ0n) is 10.7. The molecule has 5 nitrogen and oxygen atoms in total. The Kier molecular flexibility index (Phi) is 2.74. The molecular weight excluding hydrogens is 242 g/mol. The number of nitrogens with zero attached hydrogens (tertiary/aromatic N) is 2. The Morgan fingerprint density at radius 3 is 2.95 bits per heavy atom. The number of hydrogen-bond acceptors (Lipinski definition) is 2. The predicted molar refractivity (Wildman–Crippen MR) is 70.9 cm³/mol. The fraction of sp³-hybridized carbons (Fsp3) is 0.286. The monoisotopic (exact) mass is 257 g/mol. The standard InChI is InChI=1S/C14H15N3O2/c1-10-12-5-3-7-16(12)8-9-17(10)14(19)11-4-2-6-15-13(11)18/h2-7,10H,8-9H2,1H3,(H,15,18). The molecule has 0 spiro atoms. The molecule has 0 aromatic carbocycles. The Hall–Kier alpha value is -2.30. The quantitative estimate of drug-likeness (QED) is 0.839. The number of aromatic amines is 1. The summed E-state index contributed by atoms with van der Waals surface area (Å²) in [5.41, 5.74) is 0.974. The third-order valence-corrected chi connectivity index (χ3v) is 3.65. The summed E-state index contributed by atoms with van der Waals surface area (Å²) in [7, 11) is 0. The SMILES string of the molecule is CC1c2cccn2CCN1C(=O)c1ccc[nH]c1=O. The van der Waals surface area contributed by atoms with Gasteiger partial charge in [0.1, 0.15) is 5.56 Å². The van der Waals surface area contributed by atoms with Gasteiger partial charge in [-0.3, -0.25) is 9.59 Å². The molecule has 0 saturated carbocycles. The first-order chi connectivity index (χ1) is 9.18. The lowest BCUT2D eigenvalue weighted by Crippen LogP contribution is -2.42. The van der Waals surface area contributed by atoms with Crippen LogP contribution >= 0.6 is 0 Å². The molecule has 0 aliphatic carbocycles. The number of pyridine rings is 1. The van der Waals surface area contributed by atoms with Crippen LogP contribution in [0.4, 0.5) is 0 Å². The number of hydrogen-bond donors (Lipinski definition) is 1. The molecule has 2 aromatic rings. The maximum atomic E-state index is 12.5. The fourth-order valence-electron chi connectivity index (χ4n) is 2.60. The van der Waals surface area contributed by atoms with Crippen LogP contribution in [-0.4, -0.2) is 26.9 Å². The Morgan fingerprint density at radius 1 is 1.32 bits per heavy atom. The van der Waals surface area contributed by atoms with Crippen LogP contribution < -0.4 is 5.56 Å². The first-order valence-corrected chi connectivity index (χ1v) is 6.32. The van der Waals surface area contributed by atoms with Crippen LogP contribution in [0.15, 0.2) is 41.5 Å². The van der Waals surface area contributed by atoms with Crippen molar-refractivity contribution in [1.82, 2.24) is 14.5 Å². The average molecular weight is 257 g/mol. The molecule has 1 atom stereocenters. The van der Waals surface area contributed by atoms with E-state index < -0.39 is 0 Å². The van der Waals surface area contributed by atoms with Crippen LogP contribution in [0.25, 0.3) is 0 Å². The van der Waals surface area contributed by atoms with Crippen molar-refractivity contribution in [1.29, 1.82) is 0 Å². The van der Waals surface area contributed by atoms with Crippen molar-refractivity contribution in [3.8, 4) is 0 Å². The summed E-state index contributed by atoms with van der Waals surface area (Å²) >= 11 is 0. The minimum atomic E-state index is -0.333. The number of rotatable bonds is 1. The average Bonchev–Trinajstić information content (AvgIpc) is 2.88. The lowest BCUT2D eigenvalue weighted by Gasteiger charge is -2.34. The molecule has 0 saturated heterocycles. The molecule has 1 aliphatic heterocycles. The van der Waals surface area contributed by atoms with Gasteiger partial charge in [0.2, 0.25) is 0 Å². The molecule has 1 amide bonds. The molecular formula is C14H15N3O2. The van der Waals surface area contributed by atoms with Gasteiger partial charge in [0.15, 0.2) is 0 Å². The van der Waals surface area contributed by atoms with E-state index in [4.69, 9.17) is 0 Å². The number of amides is 1. The van der Waals surface area contributed by atoms with Gasteiger partial charge in [0.25, 0.3) is 11.5 Å². The van der Waals surface area contributed by atoms with Crippen LogP contribution in [0.1, 0.15) is 29.0 Å². The number of nitrogens with one attached hydrogen (secondary N) is 1. The molecule has 1 N–H and O–H groups in total. The molecule has 1 aliphatic rings. The van der Waals surface area contributed by atoms with Crippen LogP contribution in [0.2, 0.25) is 0 Å². The number of H-pyrrole nitrogens is 1. The lowest BCUT2D eigenvalue weighted by atomic mass is 10.1. The largest absolute Gasteiger partial charge is 0.348 e. The summed E-state index contributed by atoms with van der Waals surface area (Å²) < 4.78 is 2.14. The van der Waals surface area contributed by atoms with Gasteiger partial charge in [-0.1, -0.05) is 0 Å². The molecule has 3 heterocycles. The molecule has 3 rings (SSSR count). The summed E-state index contributed by atoms with van der Waals surface area (Å²) in [5.74, 6) is -0.207. The van der Waals surface area contributed by atoms with Crippen molar-refractivity contribution < 1.29 is 4.79 Å². The van der Waals surface area contributed by atoms with E-state index >= 15 is 0 Å². The third-order valence-electron chi connectivity index (χ3n) is 3.65. The van der Waals surface area contributed by atoms with Gasteiger partial charge in [-0.25, -0.2) is 0 Å². The van der Waals surface area contributed by atoms with E-state index in [0.717, 1.165) is 12.2 Å². The molecule has 2 aromatic heterocycles. The number of fused-ring (bicyclic) bond motifs is 1. The van der Waals surface area contributed by atoms with Gasteiger partial charge >= 0.3 is 0 Å². The van der Waals surface area contributed by atoms with Crippen molar-refractivity contribution in [2.75, 3.05) is 6.54 Å². The van der Waals surface area contributed by atoms with Gasteiger partial charge in [0.05, 0.1) is 6.04 Å². The Labute approximate surface area is 110 Å². The molecule has 98 valence electrons. The second-order valence-corrected chi connectivity index (χ2v) is 4.71. The molecule has 0 bridgehead atoms. The molecule has 19 heavy (non-hydrogen) atoms. The third kappa shape index (κ3) is 1.87. The lowest BCUT2D eigenvalue weighted by molar-refractivity contribution is 0.0642. The Morgan fingerprint density at radius 2 is 2.16 bits per heavy atom. The van der Waals surface area contributed by atoms with Crippen molar-refractivity contribution in [3.05, 3.63) is 58.3 Å². The molecule has 5 heteroatoms. The van der Waals surface area contributed by atoms with Crippen LogP contribution in [0.3, 0.4) is 0 Å². The Balaban J connectivity index is 1.94. The van der Waals surface area contributed by atoms with E-state index in [2.05, 4.69) is 9.55 Å². The summed E-state index contributed by atoms with van der Waals surface area (Å²) in [5, 5.41) is 0. The van der Waals surface area contributed by atoms with E-state index in [1.807, 2.05) is 25.3 Å². The minimum absolute atomic E-state index is 0.0177.